The van der Waals surface area contributed by atoms with Crippen LogP contribution in [0.2, 0.25) is 0 Å². The van der Waals surface area contributed by atoms with Gasteiger partial charge in [-0.3, -0.25) is 4.79 Å². The molecule has 0 bridgehead atoms. The van der Waals surface area contributed by atoms with Crippen molar-refractivity contribution in [1.29, 1.82) is 0 Å². The Balaban J connectivity index is 2.44. The monoisotopic (exact) mass is 283 g/mol. The molecule has 3 nitrogen and oxygen atoms in total. The van der Waals surface area contributed by atoms with Gasteiger partial charge in [0, 0.05) is 6.54 Å². The summed E-state index contributed by atoms with van der Waals surface area (Å²) in [4.78, 5) is 12.6. The molecular formula is C18H21NO2. The molecule has 0 aliphatic heterocycles. The fourth-order valence-corrected chi connectivity index (χ4v) is 2.54. The van der Waals surface area contributed by atoms with E-state index in [1.54, 1.807) is 0 Å². The van der Waals surface area contributed by atoms with Gasteiger partial charge in [0.25, 0.3) is 0 Å². The molecule has 1 atom stereocenters. The Morgan fingerprint density at radius 1 is 1.05 bits per heavy atom. The lowest BCUT2D eigenvalue weighted by atomic mass is 9.75. The number of rotatable bonds is 6. The second-order valence-electron chi connectivity index (χ2n) is 5.04. The van der Waals surface area contributed by atoms with Crippen molar-refractivity contribution >= 4 is 5.97 Å². The summed E-state index contributed by atoms with van der Waals surface area (Å²) in [5.74, 6) is -0.262. The molecule has 0 aliphatic rings. The standard InChI is InChI=1S/C18H21NO2/c1-2-21-17(20)18(14-19,16-11-7-4-8-12-16)13-15-9-5-3-6-10-15/h3-12H,2,13-14,19H2,1H3. The first-order chi connectivity index (χ1) is 10.2. The van der Waals surface area contributed by atoms with Gasteiger partial charge in [-0.05, 0) is 24.5 Å². The molecule has 2 aromatic rings. The Kier molecular flexibility index (Phi) is 5.12. The van der Waals surface area contributed by atoms with E-state index in [2.05, 4.69) is 0 Å². The fraction of sp³-hybridized carbons (Fsp3) is 0.278. The summed E-state index contributed by atoms with van der Waals surface area (Å²) in [6.45, 7) is 2.37. The largest absolute Gasteiger partial charge is 0.465 e. The topological polar surface area (TPSA) is 52.3 Å². The van der Waals surface area contributed by atoms with Crippen LogP contribution in [0.25, 0.3) is 0 Å². The van der Waals surface area contributed by atoms with Gasteiger partial charge in [0.05, 0.1) is 6.61 Å². The highest BCUT2D eigenvalue weighted by atomic mass is 16.5. The van der Waals surface area contributed by atoms with Gasteiger partial charge in [-0.2, -0.15) is 0 Å². The van der Waals surface area contributed by atoms with E-state index in [1.807, 2.05) is 67.6 Å². The Hall–Kier alpha value is -2.13. The minimum atomic E-state index is -0.835. The van der Waals surface area contributed by atoms with Crippen LogP contribution in [0.1, 0.15) is 18.1 Å². The molecular weight excluding hydrogens is 262 g/mol. The lowest BCUT2D eigenvalue weighted by molar-refractivity contribution is -0.149. The third-order valence-electron chi connectivity index (χ3n) is 3.69. The number of hydrogen-bond acceptors (Lipinski definition) is 3. The number of carbonyl (C=O) groups excluding carboxylic acids is 1. The highest BCUT2D eigenvalue weighted by molar-refractivity contribution is 5.84. The molecule has 1 unspecified atom stereocenters. The smallest absolute Gasteiger partial charge is 0.318 e. The summed E-state index contributed by atoms with van der Waals surface area (Å²) < 4.78 is 5.31. The predicted octanol–water partition coefficient (Wildman–Crippen LogP) is 2.69. The Morgan fingerprint density at radius 2 is 1.62 bits per heavy atom. The first kappa shape index (κ1) is 15.3. The predicted molar refractivity (Wildman–Crippen MR) is 84.0 cm³/mol. The van der Waals surface area contributed by atoms with Gasteiger partial charge in [0.1, 0.15) is 5.41 Å². The maximum atomic E-state index is 12.6. The number of hydrogen-bond donors (Lipinski definition) is 1. The van der Waals surface area contributed by atoms with Crippen LogP contribution in [0.5, 0.6) is 0 Å². The van der Waals surface area contributed by atoms with E-state index >= 15 is 0 Å². The molecule has 3 heteroatoms. The Labute approximate surface area is 125 Å². The van der Waals surface area contributed by atoms with Crippen molar-refractivity contribution in [1.82, 2.24) is 0 Å². The molecule has 0 radical (unpaired) electrons. The zero-order valence-electron chi connectivity index (χ0n) is 12.3. The van der Waals surface area contributed by atoms with Crippen LogP contribution < -0.4 is 5.73 Å². The maximum Gasteiger partial charge on any atom is 0.318 e. The average molecular weight is 283 g/mol. The molecule has 0 saturated heterocycles. The minimum absolute atomic E-state index is 0.213. The quantitative estimate of drug-likeness (QED) is 0.829. The normalized spacial score (nSPS) is 13.4. The summed E-state index contributed by atoms with van der Waals surface area (Å²) >= 11 is 0. The second kappa shape index (κ2) is 7.04. The molecule has 0 heterocycles. The van der Waals surface area contributed by atoms with Gasteiger partial charge in [-0.25, -0.2) is 0 Å². The summed E-state index contributed by atoms with van der Waals surface area (Å²) in [6, 6.07) is 19.5. The van der Waals surface area contributed by atoms with Crippen molar-refractivity contribution in [3.63, 3.8) is 0 Å². The van der Waals surface area contributed by atoms with Gasteiger partial charge < -0.3 is 10.5 Å². The first-order valence-electron chi connectivity index (χ1n) is 7.19. The van der Waals surface area contributed by atoms with Crippen LogP contribution >= 0.6 is 0 Å². The van der Waals surface area contributed by atoms with Crippen molar-refractivity contribution in [3.05, 3.63) is 71.8 Å². The summed E-state index contributed by atoms with van der Waals surface area (Å²) in [7, 11) is 0. The first-order valence-corrected chi connectivity index (χ1v) is 7.19. The van der Waals surface area contributed by atoms with E-state index < -0.39 is 5.41 Å². The van der Waals surface area contributed by atoms with Crippen molar-refractivity contribution in [3.8, 4) is 0 Å². The van der Waals surface area contributed by atoms with Crippen LogP contribution in [0.3, 0.4) is 0 Å². The van der Waals surface area contributed by atoms with E-state index in [9.17, 15) is 4.79 Å². The van der Waals surface area contributed by atoms with E-state index in [0.29, 0.717) is 13.0 Å². The van der Waals surface area contributed by atoms with E-state index in [1.165, 1.54) is 0 Å². The van der Waals surface area contributed by atoms with Gasteiger partial charge in [0.2, 0.25) is 0 Å². The van der Waals surface area contributed by atoms with Gasteiger partial charge in [-0.15, -0.1) is 0 Å². The molecule has 2 N–H and O–H groups in total. The average Bonchev–Trinajstić information content (AvgIpc) is 2.54. The third kappa shape index (κ3) is 3.31. The highest BCUT2D eigenvalue weighted by Crippen LogP contribution is 2.29. The third-order valence-corrected chi connectivity index (χ3v) is 3.69. The van der Waals surface area contributed by atoms with E-state index in [-0.39, 0.29) is 12.5 Å². The van der Waals surface area contributed by atoms with Crippen LogP contribution in [-0.2, 0) is 21.4 Å². The lowest BCUT2D eigenvalue weighted by Gasteiger charge is -2.30. The van der Waals surface area contributed by atoms with Gasteiger partial charge >= 0.3 is 5.97 Å². The molecule has 2 rings (SSSR count). The van der Waals surface area contributed by atoms with Gasteiger partial charge in [-0.1, -0.05) is 60.7 Å². The SMILES string of the molecule is CCOC(=O)C(CN)(Cc1ccccc1)c1ccccc1. The van der Waals surface area contributed by atoms with Crippen LogP contribution in [0.4, 0.5) is 0 Å². The summed E-state index contributed by atoms with van der Waals surface area (Å²) in [5.41, 5.74) is 7.15. The van der Waals surface area contributed by atoms with Crippen LogP contribution in [-0.4, -0.2) is 19.1 Å². The van der Waals surface area contributed by atoms with Crippen LogP contribution in [0, 0.1) is 0 Å². The number of ether oxygens (including phenoxy) is 1. The Bertz CT molecular complexity index is 568. The van der Waals surface area contributed by atoms with E-state index in [4.69, 9.17) is 10.5 Å². The molecule has 0 amide bonds. The highest BCUT2D eigenvalue weighted by Gasteiger charge is 2.40. The number of carbonyl (C=O) groups is 1. The lowest BCUT2D eigenvalue weighted by Crippen LogP contribution is -2.46. The summed E-state index contributed by atoms with van der Waals surface area (Å²) in [6.07, 6.45) is 0.535. The molecule has 21 heavy (non-hydrogen) atoms. The van der Waals surface area contributed by atoms with Crippen molar-refractivity contribution in [2.24, 2.45) is 5.73 Å². The minimum Gasteiger partial charge on any atom is -0.465 e. The number of benzene rings is 2. The number of nitrogens with two attached hydrogens (primary N) is 1. The fourth-order valence-electron chi connectivity index (χ4n) is 2.54. The number of esters is 1. The van der Waals surface area contributed by atoms with Crippen molar-refractivity contribution in [2.75, 3.05) is 13.2 Å². The van der Waals surface area contributed by atoms with E-state index in [0.717, 1.165) is 11.1 Å². The Morgan fingerprint density at radius 3 is 2.14 bits per heavy atom. The molecule has 0 spiro atoms. The van der Waals surface area contributed by atoms with Crippen LogP contribution in [0.15, 0.2) is 60.7 Å². The molecule has 0 saturated carbocycles. The zero-order chi connectivity index (χ0) is 15.1. The molecule has 0 aromatic heterocycles. The molecule has 0 aliphatic carbocycles. The molecule has 2 aromatic carbocycles. The van der Waals surface area contributed by atoms with Crippen molar-refractivity contribution in [2.45, 2.75) is 18.8 Å². The maximum absolute atomic E-state index is 12.6. The van der Waals surface area contributed by atoms with Gasteiger partial charge in [0.15, 0.2) is 0 Å². The second-order valence-corrected chi connectivity index (χ2v) is 5.04. The zero-order valence-corrected chi connectivity index (χ0v) is 12.3. The summed E-state index contributed by atoms with van der Waals surface area (Å²) in [5, 5.41) is 0. The molecule has 0 fully saturated rings. The molecule has 110 valence electrons. The van der Waals surface area contributed by atoms with Crippen molar-refractivity contribution < 1.29 is 9.53 Å².